The van der Waals surface area contributed by atoms with E-state index in [9.17, 15) is 0 Å². The van der Waals surface area contributed by atoms with Crippen LogP contribution in [-0.4, -0.2) is 0 Å². The summed E-state index contributed by atoms with van der Waals surface area (Å²) in [6.07, 6.45) is 0. The summed E-state index contributed by atoms with van der Waals surface area (Å²) in [5.41, 5.74) is 14.0. The largest absolute Gasteiger partial charge is 0.453 e. The Balaban J connectivity index is 1.06. The van der Waals surface area contributed by atoms with Gasteiger partial charge < -0.3 is 14.5 Å². The summed E-state index contributed by atoms with van der Waals surface area (Å²) < 4.78 is 9.36. The van der Waals surface area contributed by atoms with Crippen LogP contribution in [0, 0.1) is 0 Å². The molecule has 55 heavy (non-hydrogen) atoms. The van der Waals surface area contributed by atoms with Gasteiger partial charge in [0.1, 0.15) is 0 Å². The van der Waals surface area contributed by atoms with Gasteiger partial charge in [-0.3, -0.25) is 0 Å². The molecule has 3 nitrogen and oxygen atoms in total. The normalized spacial score (nSPS) is 13.5. The van der Waals surface area contributed by atoms with Gasteiger partial charge in [0.15, 0.2) is 11.5 Å². The first-order valence-corrected chi connectivity index (χ1v) is 19.7. The van der Waals surface area contributed by atoms with Gasteiger partial charge >= 0.3 is 0 Å². The molecule has 0 saturated heterocycles. The van der Waals surface area contributed by atoms with E-state index in [1.807, 2.05) is 17.4 Å². The second-order valence-electron chi connectivity index (χ2n) is 15.0. The van der Waals surface area contributed by atoms with E-state index >= 15 is 0 Å². The van der Waals surface area contributed by atoms with Gasteiger partial charge in [-0.1, -0.05) is 123 Å². The molecular weight excluding hydrogens is 689 g/mol. The maximum Gasteiger partial charge on any atom is 0.153 e. The minimum atomic E-state index is -0.126. The molecule has 0 fully saturated rings. The van der Waals surface area contributed by atoms with Crippen molar-refractivity contribution in [1.82, 2.24) is 0 Å². The molecule has 0 unspecified atom stereocenters. The van der Waals surface area contributed by atoms with Gasteiger partial charge in [0.2, 0.25) is 0 Å². The third-order valence-electron chi connectivity index (χ3n) is 11.4. The highest BCUT2D eigenvalue weighted by atomic mass is 32.1. The number of ether oxygens (including phenoxy) is 1. The number of anilines is 6. The van der Waals surface area contributed by atoms with Crippen molar-refractivity contribution in [3.63, 3.8) is 0 Å². The predicted octanol–water partition coefficient (Wildman–Crippen LogP) is 15.1. The summed E-state index contributed by atoms with van der Waals surface area (Å²) in [7, 11) is 0. The molecule has 0 spiro atoms. The van der Waals surface area contributed by atoms with Crippen LogP contribution in [0.1, 0.15) is 25.0 Å². The molecular formula is C51H36N2OS. The van der Waals surface area contributed by atoms with Gasteiger partial charge in [0.25, 0.3) is 0 Å². The van der Waals surface area contributed by atoms with Crippen molar-refractivity contribution in [3.8, 4) is 33.8 Å². The van der Waals surface area contributed by atoms with Crippen LogP contribution in [0.2, 0.25) is 0 Å². The van der Waals surface area contributed by atoms with Crippen LogP contribution in [-0.2, 0) is 5.41 Å². The van der Waals surface area contributed by atoms with E-state index in [-0.39, 0.29) is 5.41 Å². The molecule has 1 aliphatic carbocycles. The summed E-state index contributed by atoms with van der Waals surface area (Å²) in [5, 5.41) is 2.63. The summed E-state index contributed by atoms with van der Waals surface area (Å²) in [5.74, 6) is 1.64. The molecule has 4 heteroatoms. The zero-order valence-electron chi connectivity index (χ0n) is 30.5. The van der Waals surface area contributed by atoms with Crippen molar-refractivity contribution in [3.05, 3.63) is 193 Å². The monoisotopic (exact) mass is 724 g/mol. The van der Waals surface area contributed by atoms with Gasteiger partial charge in [0, 0.05) is 54.4 Å². The lowest BCUT2D eigenvalue weighted by atomic mass is 9.82. The average Bonchev–Trinajstić information content (AvgIpc) is 3.72. The van der Waals surface area contributed by atoms with E-state index in [4.69, 9.17) is 4.74 Å². The lowest BCUT2D eigenvalue weighted by molar-refractivity contribution is 0.477. The Hall–Kier alpha value is -6.62. The Morgan fingerprint density at radius 1 is 0.491 bits per heavy atom. The maximum absolute atomic E-state index is 6.72. The molecule has 262 valence electrons. The summed E-state index contributed by atoms with van der Waals surface area (Å²) in [6.45, 7) is 4.69. The zero-order valence-corrected chi connectivity index (χ0v) is 31.3. The number of thiophene rings is 1. The molecule has 8 aromatic carbocycles. The van der Waals surface area contributed by atoms with E-state index in [1.54, 1.807) is 0 Å². The smallest absolute Gasteiger partial charge is 0.153 e. The minimum absolute atomic E-state index is 0.126. The summed E-state index contributed by atoms with van der Waals surface area (Å²) >= 11 is 1.87. The summed E-state index contributed by atoms with van der Waals surface area (Å²) in [6, 6.07) is 65.7. The van der Waals surface area contributed by atoms with Gasteiger partial charge in [-0.2, -0.15) is 0 Å². The molecule has 11 rings (SSSR count). The van der Waals surface area contributed by atoms with Gasteiger partial charge in [-0.25, -0.2) is 0 Å². The van der Waals surface area contributed by atoms with Crippen molar-refractivity contribution in [1.29, 1.82) is 0 Å². The van der Waals surface area contributed by atoms with Crippen molar-refractivity contribution in [2.45, 2.75) is 19.3 Å². The first kappa shape index (κ1) is 31.9. The van der Waals surface area contributed by atoms with Crippen LogP contribution in [0.15, 0.2) is 182 Å². The molecule has 0 N–H and O–H groups in total. The molecule has 0 bridgehead atoms. The number of para-hydroxylation sites is 3. The maximum atomic E-state index is 6.72. The highest BCUT2D eigenvalue weighted by Crippen LogP contribution is 2.54. The van der Waals surface area contributed by atoms with E-state index in [0.29, 0.717) is 0 Å². The molecule has 2 heterocycles. The Morgan fingerprint density at radius 2 is 1.15 bits per heavy atom. The van der Waals surface area contributed by atoms with Crippen LogP contribution in [0.5, 0.6) is 11.5 Å². The van der Waals surface area contributed by atoms with Gasteiger partial charge in [0.05, 0.1) is 11.4 Å². The number of benzene rings is 8. The Labute approximate surface area is 324 Å². The van der Waals surface area contributed by atoms with Gasteiger partial charge in [-0.15, -0.1) is 11.3 Å². The Morgan fingerprint density at radius 3 is 2.04 bits per heavy atom. The lowest BCUT2D eigenvalue weighted by Gasteiger charge is -2.34. The van der Waals surface area contributed by atoms with E-state index in [1.165, 1.54) is 53.6 Å². The quantitative estimate of drug-likeness (QED) is 0.176. The van der Waals surface area contributed by atoms with Crippen molar-refractivity contribution in [2.75, 3.05) is 9.80 Å². The van der Waals surface area contributed by atoms with Crippen molar-refractivity contribution < 1.29 is 4.74 Å². The number of rotatable bonds is 5. The highest BCUT2D eigenvalue weighted by Gasteiger charge is 2.36. The summed E-state index contributed by atoms with van der Waals surface area (Å²) in [4.78, 5) is 4.67. The SMILES string of the molecule is CC1(C)c2ccccc2-c2ccc(N(c3ccc(-c4cccc5c4sc4ccccc45)cc3)c3ccc4c(c3)Oc3ccccc3N4c3ccccc3)cc21. The predicted molar refractivity (Wildman–Crippen MR) is 232 cm³/mol. The van der Waals surface area contributed by atoms with Crippen molar-refractivity contribution >= 4 is 65.6 Å². The van der Waals surface area contributed by atoms with E-state index < -0.39 is 0 Å². The average molecular weight is 725 g/mol. The number of nitrogens with zero attached hydrogens (tertiary/aromatic N) is 2. The number of hydrogen-bond donors (Lipinski definition) is 0. The van der Waals surface area contributed by atoms with Gasteiger partial charge in [-0.05, 0) is 100 Å². The first-order chi connectivity index (χ1) is 27.0. The first-order valence-electron chi connectivity index (χ1n) is 18.8. The molecule has 1 aromatic heterocycles. The molecule has 2 aliphatic rings. The standard InChI is InChI=1S/C51H36N2OS/c1-51(2)43-19-8-6-15-39(43)40-29-27-36(31-44(40)51)52(35-25-23-33(24-26-35)38-17-12-18-42-41-16-7-11-22-49(41)55-50(38)42)37-28-30-46-48(32-37)54-47-21-10-9-20-45(47)53(46)34-13-4-3-5-14-34/h3-32H,1-2H3. The fourth-order valence-electron chi connectivity index (χ4n) is 8.78. The lowest BCUT2D eigenvalue weighted by Crippen LogP contribution is -2.18. The van der Waals surface area contributed by atoms with Crippen LogP contribution >= 0.6 is 11.3 Å². The molecule has 0 amide bonds. The zero-order chi connectivity index (χ0) is 36.7. The topological polar surface area (TPSA) is 15.7 Å². The second kappa shape index (κ2) is 12.2. The number of hydrogen-bond acceptors (Lipinski definition) is 4. The minimum Gasteiger partial charge on any atom is -0.453 e. The molecule has 9 aromatic rings. The van der Waals surface area contributed by atoms with E-state index in [0.717, 1.165) is 45.6 Å². The molecule has 0 saturated carbocycles. The third-order valence-corrected chi connectivity index (χ3v) is 12.7. The number of fused-ring (bicyclic) bond motifs is 8. The fourth-order valence-corrected chi connectivity index (χ4v) is 10.0. The second-order valence-corrected chi connectivity index (χ2v) is 16.0. The van der Waals surface area contributed by atoms with Crippen LogP contribution in [0.3, 0.4) is 0 Å². The van der Waals surface area contributed by atoms with Crippen LogP contribution in [0.4, 0.5) is 34.1 Å². The fraction of sp³-hybridized carbons (Fsp3) is 0.0588. The highest BCUT2D eigenvalue weighted by molar-refractivity contribution is 7.26. The van der Waals surface area contributed by atoms with Crippen LogP contribution < -0.4 is 14.5 Å². The third kappa shape index (κ3) is 4.95. The molecule has 0 radical (unpaired) electrons. The van der Waals surface area contributed by atoms with Crippen LogP contribution in [0.25, 0.3) is 42.4 Å². The Bertz CT molecular complexity index is 2940. The Kier molecular flexibility index (Phi) is 7.07. The molecule has 0 atom stereocenters. The van der Waals surface area contributed by atoms with E-state index in [2.05, 4.69) is 200 Å². The molecule has 1 aliphatic heterocycles. The van der Waals surface area contributed by atoms with Crippen molar-refractivity contribution in [2.24, 2.45) is 0 Å².